The number of methoxy groups -OCH3 is 2. The number of carbonyl (C=O) groups excluding carboxylic acids is 1. The Morgan fingerprint density at radius 2 is 1.80 bits per heavy atom. The third-order valence-electron chi connectivity index (χ3n) is 7.03. The van der Waals surface area contributed by atoms with Crippen LogP contribution in [0.25, 0.3) is 10.9 Å². The van der Waals surface area contributed by atoms with E-state index in [1.54, 1.807) is 14.2 Å². The van der Waals surface area contributed by atoms with Gasteiger partial charge in [0.25, 0.3) is 0 Å². The molecule has 1 saturated carbocycles. The molecule has 4 rings (SSSR count). The molecular formula is C26H38N6O3. The first-order valence-electron chi connectivity index (χ1n) is 12.7. The Morgan fingerprint density at radius 1 is 1.09 bits per heavy atom. The maximum atomic E-state index is 11.3. The molecule has 2 heterocycles. The molecule has 2 aliphatic rings. The lowest BCUT2D eigenvalue weighted by Gasteiger charge is -2.36. The second-order valence-corrected chi connectivity index (χ2v) is 9.29. The third kappa shape index (κ3) is 6.33. The van der Waals surface area contributed by atoms with E-state index in [1.807, 2.05) is 12.1 Å². The first-order valence-corrected chi connectivity index (χ1v) is 12.7. The van der Waals surface area contributed by atoms with E-state index in [9.17, 15) is 4.79 Å². The molecule has 1 aliphatic carbocycles. The lowest BCUT2D eigenvalue weighted by molar-refractivity contribution is -0.116. The SMILES string of the molecule is C=CC(=O)NCCCNc1nc(NC2CCN(C3CCCC3)CC2)c2cc(OC)c(OC)cc2n1. The number of rotatable bonds is 11. The van der Waals surface area contributed by atoms with Crippen molar-refractivity contribution in [2.45, 2.75) is 57.0 Å². The number of hydrogen-bond donors (Lipinski definition) is 3. The highest BCUT2D eigenvalue weighted by Gasteiger charge is 2.27. The highest BCUT2D eigenvalue weighted by molar-refractivity contribution is 5.93. The highest BCUT2D eigenvalue weighted by atomic mass is 16.5. The smallest absolute Gasteiger partial charge is 0.243 e. The molecule has 0 spiro atoms. The Hall–Kier alpha value is -3.07. The number of piperidine rings is 1. The largest absolute Gasteiger partial charge is 0.493 e. The Bertz CT molecular complexity index is 1020. The minimum atomic E-state index is -0.168. The molecule has 190 valence electrons. The van der Waals surface area contributed by atoms with E-state index in [0.29, 0.717) is 36.6 Å². The summed E-state index contributed by atoms with van der Waals surface area (Å²) in [5.41, 5.74) is 0.783. The summed E-state index contributed by atoms with van der Waals surface area (Å²) in [5, 5.41) is 10.7. The number of carbonyl (C=O) groups is 1. The summed E-state index contributed by atoms with van der Waals surface area (Å²) in [4.78, 5) is 23.5. The zero-order chi connectivity index (χ0) is 24.6. The van der Waals surface area contributed by atoms with Gasteiger partial charge in [-0.2, -0.15) is 4.98 Å². The minimum Gasteiger partial charge on any atom is -0.493 e. The summed E-state index contributed by atoms with van der Waals surface area (Å²) in [7, 11) is 3.26. The van der Waals surface area contributed by atoms with Crippen LogP contribution in [-0.2, 0) is 4.79 Å². The first-order chi connectivity index (χ1) is 17.1. The predicted molar refractivity (Wildman–Crippen MR) is 139 cm³/mol. The van der Waals surface area contributed by atoms with Crippen molar-refractivity contribution >= 4 is 28.6 Å². The molecule has 3 N–H and O–H groups in total. The van der Waals surface area contributed by atoms with Crippen LogP contribution >= 0.6 is 0 Å². The number of ether oxygens (including phenoxy) is 2. The monoisotopic (exact) mass is 482 g/mol. The molecule has 2 fully saturated rings. The topological polar surface area (TPSA) is 101 Å². The Balaban J connectivity index is 1.48. The molecule has 2 aromatic rings. The maximum absolute atomic E-state index is 11.3. The fourth-order valence-electron chi connectivity index (χ4n) is 5.09. The van der Waals surface area contributed by atoms with Crippen molar-refractivity contribution < 1.29 is 14.3 Å². The lowest BCUT2D eigenvalue weighted by Crippen LogP contribution is -2.43. The molecule has 1 aromatic heterocycles. The Kier molecular flexibility index (Phi) is 8.63. The predicted octanol–water partition coefficient (Wildman–Crippen LogP) is 3.57. The molecule has 0 unspecified atom stereocenters. The highest BCUT2D eigenvalue weighted by Crippen LogP contribution is 2.35. The molecule has 0 radical (unpaired) electrons. The van der Waals surface area contributed by atoms with Gasteiger partial charge < -0.3 is 30.3 Å². The molecule has 1 amide bonds. The van der Waals surface area contributed by atoms with Crippen LogP contribution in [-0.4, -0.2) is 73.3 Å². The van der Waals surface area contributed by atoms with E-state index < -0.39 is 0 Å². The van der Waals surface area contributed by atoms with Crippen molar-refractivity contribution in [2.24, 2.45) is 0 Å². The Morgan fingerprint density at radius 3 is 2.49 bits per heavy atom. The summed E-state index contributed by atoms with van der Waals surface area (Å²) >= 11 is 0. The fraction of sp³-hybridized carbons (Fsp3) is 0.577. The quantitative estimate of drug-likeness (QED) is 0.330. The summed E-state index contributed by atoms with van der Waals surface area (Å²) in [6.07, 6.45) is 9.66. The van der Waals surface area contributed by atoms with Gasteiger partial charge in [-0.25, -0.2) is 4.98 Å². The Labute approximate surface area is 207 Å². The second kappa shape index (κ2) is 12.1. The summed E-state index contributed by atoms with van der Waals surface area (Å²) in [5.74, 6) is 2.47. The molecule has 1 aliphatic heterocycles. The average Bonchev–Trinajstić information content (AvgIpc) is 3.43. The van der Waals surface area contributed by atoms with Crippen LogP contribution in [0.2, 0.25) is 0 Å². The van der Waals surface area contributed by atoms with Crippen molar-refractivity contribution in [3.05, 3.63) is 24.8 Å². The summed E-state index contributed by atoms with van der Waals surface area (Å²) in [6.45, 7) is 6.92. The third-order valence-corrected chi connectivity index (χ3v) is 7.03. The van der Waals surface area contributed by atoms with Crippen LogP contribution in [0.4, 0.5) is 11.8 Å². The van der Waals surface area contributed by atoms with E-state index >= 15 is 0 Å². The van der Waals surface area contributed by atoms with Crippen LogP contribution in [0.3, 0.4) is 0 Å². The summed E-state index contributed by atoms with van der Waals surface area (Å²) < 4.78 is 11.0. The lowest BCUT2D eigenvalue weighted by atomic mass is 10.0. The van der Waals surface area contributed by atoms with Crippen molar-refractivity contribution in [1.29, 1.82) is 0 Å². The van der Waals surface area contributed by atoms with Gasteiger partial charge in [0.1, 0.15) is 5.82 Å². The van der Waals surface area contributed by atoms with Gasteiger partial charge in [0, 0.05) is 49.7 Å². The van der Waals surface area contributed by atoms with Crippen molar-refractivity contribution in [3.63, 3.8) is 0 Å². The van der Waals surface area contributed by atoms with Crippen LogP contribution in [0, 0.1) is 0 Å². The van der Waals surface area contributed by atoms with Crippen LogP contribution < -0.4 is 25.4 Å². The molecular weight excluding hydrogens is 444 g/mol. The van der Waals surface area contributed by atoms with Gasteiger partial charge in [-0.05, 0) is 44.2 Å². The maximum Gasteiger partial charge on any atom is 0.243 e. The van der Waals surface area contributed by atoms with Gasteiger partial charge >= 0.3 is 0 Å². The molecule has 35 heavy (non-hydrogen) atoms. The number of amides is 1. The van der Waals surface area contributed by atoms with Crippen molar-refractivity contribution in [2.75, 3.05) is 51.0 Å². The van der Waals surface area contributed by atoms with Gasteiger partial charge in [-0.1, -0.05) is 19.4 Å². The normalized spacial score (nSPS) is 17.3. The number of hydrogen-bond acceptors (Lipinski definition) is 8. The summed E-state index contributed by atoms with van der Waals surface area (Å²) in [6, 6.07) is 4.97. The molecule has 9 heteroatoms. The molecule has 1 aromatic carbocycles. The molecule has 9 nitrogen and oxygen atoms in total. The minimum absolute atomic E-state index is 0.168. The van der Waals surface area contributed by atoms with Crippen molar-refractivity contribution in [3.8, 4) is 11.5 Å². The van der Waals surface area contributed by atoms with E-state index in [2.05, 4.69) is 27.4 Å². The number of benzene rings is 1. The van der Waals surface area contributed by atoms with Gasteiger partial charge in [0.15, 0.2) is 11.5 Å². The van der Waals surface area contributed by atoms with Gasteiger partial charge in [-0.3, -0.25) is 4.79 Å². The number of anilines is 2. The second-order valence-electron chi connectivity index (χ2n) is 9.29. The number of fused-ring (bicyclic) bond motifs is 1. The number of likely N-dealkylation sites (tertiary alicyclic amines) is 1. The van der Waals surface area contributed by atoms with Crippen LogP contribution in [0.15, 0.2) is 24.8 Å². The first kappa shape index (κ1) is 25.0. The van der Waals surface area contributed by atoms with Crippen LogP contribution in [0.1, 0.15) is 44.9 Å². The van der Waals surface area contributed by atoms with E-state index in [-0.39, 0.29) is 5.91 Å². The number of nitrogens with zero attached hydrogens (tertiary/aromatic N) is 3. The molecule has 0 atom stereocenters. The number of nitrogens with one attached hydrogen (secondary N) is 3. The average molecular weight is 483 g/mol. The number of aromatic nitrogens is 2. The molecule has 0 bridgehead atoms. The zero-order valence-electron chi connectivity index (χ0n) is 20.9. The van der Waals surface area contributed by atoms with E-state index in [1.165, 1.54) is 31.8 Å². The van der Waals surface area contributed by atoms with E-state index in [4.69, 9.17) is 19.4 Å². The fourth-order valence-corrected chi connectivity index (χ4v) is 5.09. The zero-order valence-corrected chi connectivity index (χ0v) is 20.9. The van der Waals surface area contributed by atoms with Gasteiger partial charge in [0.05, 0.1) is 19.7 Å². The van der Waals surface area contributed by atoms with Crippen molar-refractivity contribution in [1.82, 2.24) is 20.2 Å². The standard InChI is InChI=1S/C26H38N6O3/c1-4-24(33)27-12-7-13-28-26-30-21-17-23(35-3)22(34-2)16-20(21)25(31-26)29-18-10-14-32(15-11-18)19-8-5-6-9-19/h4,16-19H,1,5-15H2,2-3H3,(H,27,33)(H2,28,29,30,31). The van der Waals surface area contributed by atoms with Gasteiger partial charge in [0.2, 0.25) is 11.9 Å². The van der Waals surface area contributed by atoms with Gasteiger partial charge in [-0.15, -0.1) is 0 Å². The van der Waals surface area contributed by atoms with E-state index in [0.717, 1.165) is 55.1 Å². The van der Waals surface area contributed by atoms with Crippen LogP contribution in [0.5, 0.6) is 11.5 Å². The molecule has 1 saturated heterocycles.